The van der Waals surface area contributed by atoms with E-state index < -0.39 is 0 Å². The van der Waals surface area contributed by atoms with Crippen LogP contribution in [0.25, 0.3) is 0 Å². The number of nitrogens with zero attached hydrogens (tertiary/aromatic N) is 4. The summed E-state index contributed by atoms with van der Waals surface area (Å²) in [6.45, 7) is 7.81. The maximum Gasteiger partial charge on any atom is 0.306 e. The Labute approximate surface area is 394 Å². The van der Waals surface area contributed by atoms with E-state index in [2.05, 4.69) is 19.6 Å². The molecule has 0 aromatic carbocycles. The predicted octanol–water partition coefficient (Wildman–Crippen LogP) is 11.9. The molecule has 0 aliphatic heterocycles. The predicted molar refractivity (Wildman–Crippen MR) is 265 cm³/mol. The van der Waals surface area contributed by atoms with Crippen LogP contribution in [0.2, 0.25) is 0 Å². The molecule has 64 heavy (non-hydrogen) atoms. The molecular formula is C54H102N4O6. The molecule has 0 atom stereocenters. The molecule has 3 fully saturated rings. The van der Waals surface area contributed by atoms with Crippen LogP contribution in [-0.4, -0.2) is 136 Å². The third kappa shape index (κ3) is 27.2. The summed E-state index contributed by atoms with van der Waals surface area (Å²) in [5, 5.41) is 0. The van der Waals surface area contributed by atoms with Gasteiger partial charge in [-0.3, -0.25) is 34.0 Å². The van der Waals surface area contributed by atoms with Crippen LogP contribution in [-0.2, 0) is 28.6 Å². The summed E-state index contributed by atoms with van der Waals surface area (Å²) in [5.41, 5.74) is 0. The molecule has 3 aliphatic carbocycles. The van der Waals surface area contributed by atoms with Crippen molar-refractivity contribution < 1.29 is 28.6 Å². The number of hydrogen-bond donors (Lipinski definition) is 0. The summed E-state index contributed by atoms with van der Waals surface area (Å²) in [7, 11) is 4.56. The Morgan fingerprint density at radius 3 is 0.672 bits per heavy atom. The van der Waals surface area contributed by atoms with Crippen LogP contribution in [0.15, 0.2) is 0 Å². The van der Waals surface area contributed by atoms with Crippen LogP contribution < -0.4 is 0 Å². The third-order valence-corrected chi connectivity index (χ3v) is 15.4. The van der Waals surface area contributed by atoms with Gasteiger partial charge in [-0.05, 0) is 38.5 Å². The van der Waals surface area contributed by atoms with Crippen molar-refractivity contribution in [2.45, 2.75) is 249 Å². The fourth-order valence-corrected chi connectivity index (χ4v) is 11.1. The molecule has 374 valence electrons. The van der Waals surface area contributed by atoms with Gasteiger partial charge in [-0.2, -0.15) is 0 Å². The molecule has 0 spiro atoms. The van der Waals surface area contributed by atoms with Crippen molar-refractivity contribution in [3.8, 4) is 0 Å². The Bertz CT molecular complexity index is 985. The van der Waals surface area contributed by atoms with Gasteiger partial charge in [0.1, 0.15) is 0 Å². The zero-order valence-electron chi connectivity index (χ0n) is 42.3. The van der Waals surface area contributed by atoms with Crippen LogP contribution in [0.4, 0.5) is 0 Å². The SMILES string of the molecule is COC(=O)CCN(CCN(CCN(CCC(=O)OC)C1CCCCCCCCCCC1)CCN(CCC(=O)OC)C1CCCCCCCCCCC1)C1CCCCCCCCCCC1. The largest absolute Gasteiger partial charge is 0.469 e. The van der Waals surface area contributed by atoms with Crippen LogP contribution in [0, 0.1) is 0 Å². The molecule has 0 bridgehead atoms. The smallest absolute Gasteiger partial charge is 0.306 e. The van der Waals surface area contributed by atoms with Gasteiger partial charge < -0.3 is 14.2 Å². The van der Waals surface area contributed by atoms with E-state index in [1.54, 1.807) is 0 Å². The number of ether oxygens (including phenoxy) is 3. The van der Waals surface area contributed by atoms with Crippen molar-refractivity contribution in [3.05, 3.63) is 0 Å². The van der Waals surface area contributed by atoms with Gasteiger partial charge in [0.15, 0.2) is 0 Å². The monoisotopic (exact) mass is 903 g/mol. The highest BCUT2D eigenvalue weighted by Crippen LogP contribution is 2.25. The van der Waals surface area contributed by atoms with E-state index in [9.17, 15) is 14.4 Å². The van der Waals surface area contributed by atoms with E-state index in [1.807, 2.05) is 0 Å². The molecule has 3 aliphatic rings. The van der Waals surface area contributed by atoms with Crippen molar-refractivity contribution in [1.82, 2.24) is 19.6 Å². The van der Waals surface area contributed by atoms with Crippen LogP contribution in [0.1, 0.15) is 231 Å². The summed E-state index contributed by atoms with van der Waals surface area (Å²) < 4.78 is 15.6. The fraction of sp³-hybridized carbons (Fsp3) is 0.944. The molecule has 0 radical (unpaired) electrons. The summed E-state index contributed by atoms with van der Waals surface area (Å²) in [6, 6.07) is 1.43. The first-order chi connectivity index (χ1) is 31.4. The van der Waals surface area contributed by atoms with E-state index in [4.69, 9.17) is 14.2 Å². The minimum atomic E-state index is -0.119. The average Bonchev–Trinajstić information content (AvgIpc) is 3.29. The van der Waals surface area contributed by atoms with E-state index in [0.29, 0.717) is 37.4 Å². The van der Waals surface area contributed by atoms with E-state index in [0.717, 1.165) is 58.9 Å². The van der Waals surface area contributed by atoms with Crippen molar-refractivity contribution in [2.75, 3.05) is 80.2 Å². The lowest BCUT2D eigenvalue weighted by molar-refractivity contribution is -0.142. The first kappa shape index (κ1) is 56.6. The van der Waals surface area contributed by atoms with E-state index in [-0.39, 0.29) is 17.9 Å². The number of hydrogen-bond acceptors (Lipinski definition) is 10. The highest BCUT2D eigenvalue weighted by Gasteiger charge is 2.26. The average molecular weight is 903 g/mol. The number of carbonyl (C=O) groups excluding carboxylic acids is 3. The maximum absolute atomic E-state index is 12.7. The number of rotatable bonds is 21. The molecule has 10 nitrogen and oxygen atoms in total. The Balaban J connectivity index is 1.91. The van der Waals surface area contributed by atoms with Gasteiger partial charge in [0, 0.05) is 77.0 Å². The normalized spacial score (nSPS) is 20.3. The van der Waals surface area contributed by atoms with Gasteiger partial charge in [0.2, 0.25) is 0 Å². The Morgan fingerprint density at radius 1 is 0.297 bits per heavy atom. The zero-order chi connectivity index (χ0) is 45.7. The van der Waals surface area contributed by atoms with Crippen molar-refractivity contribution in [3.63, 3.8) is 0 Å². The summed E-state index contributed by atoms with van der Waals surface area (Å²) >= 11 is 0. The minimum absolute atomic E-state index is 0.119. The lowest BCUT2D eigenvalue weighted by atomic mass is 9.96. The third-order valence-electron chi connectivity index (χ3n) is 15.4. The highest BCUT2D eigenvalue weighted by atomic mass is 16.5. The van der Waals surface area contributed by atoms with Crippen LogP contribution in [0.3, 0.4) is 0 Å². The quantitative estimate of drug-likeness (QED) is 0.0819. The molecule has 0 amide bonds. The minimum Gasteiger partial charge on any atom is -0.469 e. The number of methoxy groups -OCH3 is 3. The zero-order valence-corrected chi connectivity index (χ0v) is 42.3. The summed E-state index contributed by atoms with van der Waals surface area (Å²) in [5.74, 6) is -0.357. The molecular weight excluding hydrogens is 801 g/mol. The second kappa shape index (κ2) is 38.2. The molecule has 0 aromatic heterocycles. The van der Waals surface area contributed by atoms with Crippen molar-refractivity contribution in [2.24, 2.45) is 0 Å². The first-order valence-electron chi connectivity index (χ1n) is 27.6. The lowest BCUT2D eigenvalue weighted by Gasteiger charge is -2.38. The highest BCUT2D eigenvalue weighted by molar-refractivity contribution is 5.70. The molecule has 0 aromatic rings. The molecule has 3 rings (SSSR count). The number of esters is 3. The maximum atomic E-state index is 12.7. The first-order valence-corrected chi connectivity index (χ1v) is 27.6. The second-order valence-corrected chi connectivity index (χ2v) is 20.2. The van der Waals surface area contributed by atoms with E-state index >= 15 is 0 Å². The molecule has 0 saturated heterocycles. The molecule has 3 saturated carbocycles. The van der Waals surface area contributed by atoms with Crippen LogP contribution >= 0.6 is 0 Å². The van der Waals surface area contributed by atoms with Gasteiger partial charge >= 0.3 is 17.9 Å². The summed E-state index contributed by atoms with van der Waals surface area (Å²) in [6.07, 6.45) is 44.2. The topological polar surface area (TPSA) is 91.9 Å². The van der Waals surface area contributed by atoms with Gasteiger partial charge in [0.25, 0.3) is 0 Å². The van der Waals surface area contributed by atoms with Gasteiger partial charge in [-0.1, -0.05) is 173 Å². The Kier molecular flexibility index (Phi) is 33.8. The fourth-order valence-electron chi connectivity index (χ4n) is 11.1. The second-order valence-electron chi connectivity index (χ2n) is 20.2. The van der Waals surface area contributed by atoms with Crippen molar-refractivity contribution >= 4 is 17.9 Å². The lowest BCUT2D eigenvalue weighted by Crippen LogP contribution is -2.48. The van der Waals surface area contributed by atoms with E-state index in [1.165, 1.54) is 233 Å². The standard InChI is InChI=1S/C54H102N4O6/c1-62-52(59)37-40-56(49-31-25-19-13-7-4-8-14-20-26-32-49)46-43-55(44-47-57(41-38-53(60)63-2)50-33-27-21-15-9-5-10-16-22-28-34-50)45-48-58(42-39-54(61)64-3)51-35-29-23-17-11-6-12-18-24-30-36-51/h49-51H,4-48H2,1-3H3. The molecule has 10 heteroatoms. The van der Waals surface area contributed by atoms with Crippen molar-refractivity contribution in [1.29, 1.82) is 0 Å². The molecule has 0 unspecified atom stereocenters. The molecule has 0 heterocycles. The summed E-state index contributed by atoms with van der Waals surface area (Å²) in [4.78, 5) is 48.7. The van der Waals surface area contributed by atoms with Crippen LogP contribution in [0.5, 0.6) is 0 Å². The van der Waals surface area contributed by atoms with Gasteiger partial charge in [0.05, 0.1) is 40.6 Å². The Hall–Kier alpha value is -1.75. The Morgan fingerprint density at radius 2 is 0.484 bits per heavy atom. The number of carbonyl (C=O) groups is 3. The van der Waals surface area contributed by atoms with Gasteiger partial charge in [-0.15, -0.1) is 0 Å². The van der Waals surface area contributed by atoms with Gasteiger partial charge in [-0.25, -0.2) is 0 Å². The molecule has 0 N–H and O–H groups in total.